The summed E-state index contributed by atoms with van der Waals surface area (Å²) in [5.41, 5.74) is 0.715. The molecule has 0 saturated carbocycles. The average Bonchev–Trinajstić information content (AvgIpc) is 2.88. The van der Waals surface area contributed by atoms with Gasteiger partial charge < -0.3 is 10.2 Å². The van der Waals surface area contributed by atoms with Gasteiger partial charge in [-0.2, -0.15) is 0 Å². The molecule has 0 radical (unpaired) electrons. The summed E-state index contributed by atoms with van der Waals surface area (Å²) in [7, 11) is 0. The molecule has 0 spiro atoms. The fraction of sp³-hybridized carbons (Fsp3) is 0.471. The Morgan fingerprint density at radius 1 is 1.21 bits per heavy atom. The topological polar surface area (TPSA) is 78.5 Å². The molecule has 0 aromatic heterocycles. The molecule has 24 heavy (non-hydrogen) atoms. The Bertz CT molecular complexity index is 656. The van der Waals surface area contributed by atoms with E-state index < -0.39 is 18.0 Å². The Balaban J connectivity index is 1.48. The first-order valence-electron chi connectivity index (χ1n) is 8.15. The zero-order chi connectivity index (χ0) is 17.1. The van der Waals surface area contributed by atoms with Gasteiger partial charge in [-0.15, -0.1) is 0 Å². The van der Waals surface area contributed by atoms with Crippen LogP contribution in [-0.4, -0.2) is 41.9 Å². The van der Waals surface area contributed by atoms with Gasteiger partial charge in [-0.3, -0.25) is 14.9 Å². The smallest absolute Gasteiger partial charge is 0.322 e. The number of hydrogen-bond acceptors (Lipinski definition) is 3. The molecule has 1 atom stereocenters. The molecule has 6 nitrogen and oxygen atoms in total. The molecule has 0 unspecified atom stereocenters. The Kier molecular flexibility index (Phi) is 4.78. The number of rotatable bonds is 4. The van der Waals surface area contributed by atoms with E-state index in [-0.39, 0.29) is 18.1 Å². The third-order valence-electron chi connectivity index (χ3n) is 4.67. The maximum Gasteiger partial charge on any atom is 0.322 e. The molecule has 7 heteroatoms. The fourth-order valence-corrected chi connectivity index (χ4v) is 3.27. The van der Waals surface area contributed by atoms with Crippen LogP contribution >= 0.6 is 0 Å². The van der Waals surface area contributed by atoms with Crippen molar-refractivity contribution in [3.8, 4) is 0 Å². The Morgan fingerprint density at radius 2 is 1.92 bits per heavy atom. The molecule has 2 heterocycles. The summed E-state index contributed by atoms with van der Waals surface area (Å²) in [6, 6.07) is 5.45. The first kappa shape index (κ1) is 16.4. The second kappa shape index (κ2) is 6.98. The van der Waals surface area contributed by atoms with E-state index in [4.69, 9.17) is 0 Å². The van der Waals surface area contributed by atoms with Crippen LogP contribution in [0.15, 0.2) is 24.3 Å². The SMILES string of the molecule is O=C1NC(=O)[C@@H](CC(=O)N2CCC(Cc3ccccc3F)CC2)N1. The predicted molar refractivity (Wildman–Crippen MR) is 84.5 cm³/mol. The monoisotopic (exact) mass is 333 g/mol. The number of benzene rings is 1. The summed E-state index contributed by atoms with van der Waals surface area (Å²) in [6.07, 6.45) is 2.28. The maximum atomic E-state index is 13.7. The standard InChI is InChI=1S/C17H20FN3O3/c18-13-4-2-1-3-12(13)9-11-5-7-21(8-6-11)15(22)10-14-16(23)20-17(24)19-14/h1-4,11,14H,5-10H2,(H2,19,20,23,24)/t14-/m1/s1. The highest BCUT2D eigenvalue weighted by atomic mass is 19.1. The van der Waals surface area contributed by atoms with Crippen LogP contribution < -0.4 is 10.6 Å². The van der Waals surface area contributed by atoms with E-state index in [9.17, 15) is 18.8 Å². The first-order valence-corrected chi connectivity index (χ1v) is 8.15. The molecule has 2 saturated heterocycles. The number of halogens is 1. The molecule has 3 rings (SSSR count). The number of nitrogens with one attached hydrogen (secondary N) is 2. The molecule has 128 valence electrons. The van der Waals surface area contributed by atoms with Crippen molar-refractivity contribution < 1.29 is 18.8 Å². The largest absolute Gasteiger partial charge is 0.343 e. The number of likely N-dealkylation sites (tertiary alicyclic amines) is 1. The summed E-state index contributed by atoms with van der Waals surface area (Å²) in [6.45, 7) is 1.19. The van der Waals surface area contributed by atoms with E-state index in [1.54, 1.807) is 17.0 Å². The second-order valence-electron chi connectivity index (χ2n) is 6.34. The summed E-state index contributed by atoms with van der Waals surface area (Å²) >= 11 is 0. The summed E-state index contributed by atoms with van der Waals surface area (Å²) < 4.78 is 13.7. The van der Waals surface area contributed by atoms with Gasteiger partial charge in [0.1, 0.15) is 11.9 Å². The number of hydrogen-bond donors (Lipinski definition) is 2. The van der Waals surface area contributed by atoms with Gasteiger partial charge in [0.05, 0.1) is 6.42 Å². The van der Waals surface area contributed by atoms with Crippen LogP contribution in [0.5, 0.6) is 0 Å². The van der Waals surface area contributed by atoms with E-state index in [1.165, 1.54) is 6.07 Å². The number of amides is 4. The molecule has 2 aliphatic heterocycles. The third kappa shape index (κ3) is 3.72. The quantitative estimate of drug-likeness (QED) is 0.813. The van der Waals surface area contributed by atoms with E-state index in [2.05, 4.69) is 10.6 Å². The Morgan fingerprint density at radius 3 is 2.54 bits per heavy atom. The molecule has 1 aromatic carbocycles. The molecule has 2 N–H and O–H groups in total. The third-order valence-corrected chi connectivity index (χ3v) is 4.67. The number of nitrogens with zero attached hydrogens (tertiary/aromatic N) is 1. The van der Waals surface area contributed by atoms with Gasteiger partial charge in [0.15, 0.2) is 0 Å². The van der Waals surface area contributed by atoms with Crippen molar-refractivity contribution in [3.05, 3.63) is 35.6 Å². The fourth-order valence-electron chi connectivity index (χ4n) is 3.27. The van der Waals surface area contributed by atoms with Crippen LogP contribution in [0.2, 0.25) is 0 Å². The van der Waals surface area contributed by atoms with Crippen LogP contribution in [0.4, 0.5) is 9.18 Å². The highest BCUT2D eigenvalue weighted by Gasteiger charge is 2.33. The van der Waals surface area contributed by atoms with Crippen molar-refractivity contribution in [2.75, 3.05) is 13.1 Å². The number of urea groups is 1. The summed E-state index contributed by atoms with van der Waals surface area (Å²) in [4.78, 5) is 36.5. The lowest BCUT2D eigenvalue weighted by atomic mass is 9.90. The van der Waals surface area contributed by atoms with Crippen LogP contribution in [0, 0.1) is 11.7 Å². The van der Waals surface area contributed by atoms with Crippen LogP contribution in [0.3, 0.4) is 0 Å². The lowest BCUT2D eigenvalue weighted by Gasteiger charge is -2.32. The van der Waals surface area contributed by atoms with Crippen molar-refractivity contribution in [1.29, 1.82) is 0 Å². The van der Waals surface area contributed by atoms with Crippen LogP contribution in [0.1, 0.15) is 24.8 Å². The van der Waals surface area contributed by atoms with Gasteiger partial charge >= 0.3 is 6.03 Å². The van der Waals surface area contributed by atoms with E-state index in [1.807, 2.05) is 6.07 Å². The highest BCUT2D eigenvalue weighted by Crippen LogP contribution is 2.23. The number of piperidine rings is 1. The average molecular weight is 333 g/mol. The van der Waals surface area contributed by atoms with Crippen molar-refractivity contribution in [3.63, 3.8) is 0 Å². The summed E-state index contributed by atoms with van der Waals surface area (Å²) in [5, 5.41) is 4.55. The van der Waals surface area contributed by atoms with Crippen molar-refractivity contribution in [2.45, 2.75) is 31.7 Å². The van der Waals surface area contributed by atoms with Gasteiger partial charge in [0.25, 0.3) is 5.91 Å². The van der Waals surface area contributed by atoms with Crippen molar-refractivity contribution in [1.82, 2.24) is 15.5 Å². The molecule has 2 fully saturated rings. The van der Waals surface area contributed by atoms with Gasteiger partial charge in [0.2, 0.25) is 5.91 Å². The van der Waals surface area contributed by atoms with Gasteiger partial charge in [-0.25, -0.2) is 9.18 Å². The molecule has 1 aromatic rings. The second-order valence-corrected chi connectivity index (χ2v) is 6.34. The van der Waals surface area contributed by atoms with Crippen LogP contribution in [0.25, 0.3) is 0 Å². The molecule has 2 aliphatic rings. The van der Waals surface area contributed by atoms with E-state index in [0.717, 1.165) is 12.8 Å². The Labute approximate surface area is 139 Å². The first-order chi connectivity index (χ1) is 11.5. The van der Waals surface area contributed by atoms with Gasteiger partial charge in [-0.1, -0.05) is 18.2 Å². The molecular formula is C17H20FN3O3. The normalized spacial score (nSPS) is 21.5. The maximum absolute atomic E-state index is 13.7. The molecule has 4 amide bonds. The lowest BCUT2D eigenvalue weighted by molar-refractivity contribution is -0.135. The number of imide groups is 1. The van der Waals surface area contributed by atoms with E-state index >= 15 is 0 Å². The molecular weight excluding hydrogens is 313 g/mol. The lowest BCUT2D eigenvalue weighted by Crippen LogP contribution is -2.42. The zero-order valence-electron chi connectivity index (χ0n) is 13.3. The minimum Gasteiger partial charge on any atom is -0.343 e. The van der Waals surface area contributed by atoms with Crippen molar-refractivity contribution >= 4 is 17.8 Å². The van der Waals surface area contributed by atoms with Gasteiger partial charge in [-0.05, 0) is 36.8 Å². The summed E-state index contributed by atoms with van der Waals surface area (Å²) in [5.74, 6) is -0.427. The van der Waals surface area contributed by atoms with Crippen LogP contribution in [-0.2, 0) is 16.0 Å². The minimum atomic E-state index is -0.777. The predicted octanol–water partition coefficient (Wildman–Crippen LogP) is 1.20. The van der Waals surface area contributed by atoms with Gasteiger partial charge in [0, 0.05) is 13.1 Å². The number of carbonyl (C=O) groups is 3. The molecule has 0 aliphatic carbocycles. The van der Waals surface area contributed by atoms with Crippen molar-refractivity contribution in [2.24, 2.45) is 5.92 Å². The number of carbonyl (C=O) groups excluding carboxylic acids is 3. The highest BCUT2D eigenvalue weighted by molar-refractivity contribution is 6.05. The zero-order valence-corrected chi connectivity index (χ0v) is 13.3. The minimum absolute atomic E-state index is 0.0183. The molecule has 0 bridgehead atoms. The Hall–Kier alpha value is -2.44. The van der Waals surface area contributed by atoms with E-state index in [0.29, 0.717) is 31.0 Å².